The van der Waals surface area contributed by atoms with E-state index in [2.05, 4.69) is 5.32 Å². The Morgan fingerprint density at radius 1 is 0.969 bits per heavy atom. The molecule has 2 rings (SSSR count). The van der Waals surface area contributed by atoms with Crippen molar-refractivity contribution in [3.63, 3.8) is 0 Å². The number of carbonyl (C=O) groups is 1. The molecule has 1 N–H and O–H groups in total. The molecule has 1 aromatic carbocycles. The van der Waals surface area contributed by atoms with E-state index in [0.717, 1.165) is 12.1 Å². The van der Waals surface area contributed by atoms with Crippen LogP contribution in [0, 0.1) is 8.99 Å². The van der Waals surface area contributed by atoms with Gasteiger partial charge in [-0.3, -0.25) is 0 Å². The molecule has 0 fully saturated rings. The molecule has 0 spiro atoms. The first-order valence-electron chi connectivity index (χ1n) is 10.3. The quantitative estimate of drug-likeness (QED) is 0.279. The summed E-state index contributed by atoms with van der Waals surface area (Å²) in [6.07, 6.45) is -9.78. The van der Waals surface area contributed by atoms with Crippen molar-refractivity contribution in [1.82, 2.24) is 5.32 Å². The van der Waals surface area contributed by atoms with E-state index in [1.807, 2.05) is 6.92 Å². The molecule has 0 aromatic heterocycles. The van der Waals surface area contributed by atoms with Crippen LogP contribution in [0.25, 0.3) is 0 Å². The number of halogens is 7. The van der Waals surface area contributed by atoms with Crippen LogP contribution in [0.5, 0.6) is 0 Å². The zero-order valence-corrected chi connectivity index (χ0v) is 20.8. The third kappa shape index (κ3) is 4.95. The number of fused-ring (bicyclic) bond motifs is 1. The summed E-state index contributed by atoms with van der Waals surface area (Å²) in [5.74, 6) is -0.351. The Kier molecular flexibility index (Phi) is 8.01. The maximum absolute atomic E-state index is 14.0. The molecule has 0 saturated carbocycles. The molecule has 3 nitrogen and oxygen atoms in total. The summed E-state index contributed by atoms with van der Waals surface area (Å²) >= 11 is -3.65. The predicted molar refractivity (Wildman–Crippen MR) is 118 cm³/mol. The molecule has 1 aliphatic rings. The maximum atomic E-state index is 14.0. The molecule has 182 valence electrons. The Morgan fingerprint density at radius 3 is 1.97 bits per heavy atom. The summed E-state index contributed by atoms with van der Waals surface area (Å²) in [6, 6.07) is 4.73. The molecule has 0 saturated heterocycles. The van der Waals surface area contributed by atoms with Gasteiger partial charge in [-0.25, -0.2) is 0 Å². The molecule has 0 unspecified atom stereocenters. The van der Waals surface area contributed by atoms with Crippen LogP contribution in [0.1, 0.15) is 65.9 Å². The molecule has 32 heavy (non-hydrogen) atoms. The standard InChI is InChI=1S/C22H28F6INO2/c1-6-10-16(17(11-7-2)30-18(31)19(3,4)5)29-15-13-9-8-12-14(15)20(32-29,21(23,24)25)22(26,27)28/h8-9,12-13H,6-7,10-11H2,1-5H3,(H,30,31)/b17-16+. The van der Waals surface area contributed by atoms with Crippen LogP contribution in [-0.4, -0.2) is 18.3 Å². The van der Waals surface area contributed by atoms with Gasteiger partial charge in [0.2, 0.25) is 0 Å². The summed E-state index contributed by atoms with van der Waals surface area (Å²) in [5.41, 5.74) is -5.66. The zero-order chi connectivity index (χ0) is 24.5. The molecule has 1 heterocycles. The number of amides is 1. The first kappa shape index (κ1) is 26.9. The van der Waals surface area contributed by atoms with Crippen LogP contribution in [-0.2, 0) is 13.5 Å². The fourth-order valence-corrected chi connectivity index (χ4v) is 9.47. The Labute approximate surface area is 191 Å². The van der Waals surface area contributed by atoms with Crippen molar-refractivity contribution in [2.24, 2.45) is 5.41 Å². The zero-order valence-electron chi connectivity index (χ0n) is 18.6. The Hall–Kier alpha value is -1.30. The van der Waals surface area contributed by atoms with Crippen molar-refractivity contribution in [2.45, 2.75) is 78.3 Å². The molecule has 1 amide bonds. The molecule has 1 aliphatic heterocycles. The molecule has 1 aromatic rings. The van der Waals surface area contributed by atoms with Crippen molar-refractivity contribution in [1.29, 1.82) is 0 Å². The molecule has 0 radical (unpaired) electrons. The van der Waals surface area contributed by atoms with Crippen LogP contribution in [0.15, 0.2) is 33.5 Å². The Balaban J connectivity index is 2.76. The number of allylic oxidation sites excluding steroid dienone is 2. The van der Waals surface area contributed by atoms with Crippen molar-refractivity contribution in [3.05, 3.63) is 42.7 Å². The minimum atomic E-state index is -5.69. The van der Waals surface area contributed by atoms with Gasteiger partial charge in [-0.1, -0.05) is 0 Å². The average Bonchev–Trinajstić information content (AvgIpc) is 3.01. The van der Waals surface area contributed by atoms with E-state index in [9.17, 15) is 31.1 Å². The topological polar surface area (TPSA) is 38.3 Å². The number of benzene rings is 1. The molecular weight excluding hydrogens is 551 g/mol. The van der Waals surface area contributed by atoms with Crippen molar-refractivity contribution >= 4 is 26.1 Å². The first-order chi connectivity index (χ1) is 14.6. The van der Waals surface area contributed by atoms with E-state index in [4.69, 9.17) is 3.07 Å². The van der Waals surface area contributed by atoms with Crippen LogP contribution in [0.4, 0.5) is 26.3 Å². The summed E-state index contributed by atoms with van der Waals surface area (Å²) < 4.78 is 89.6. The van der Waals surface area contributed by atoms with Gasteiger partial charge in [-0.15, -0.1) is 0 Å². The van der Waals surface area contributed by atoms with Crippen LogP contribution in [0.2, 0.25) is 0 Å². The molecule has 10 heteroatoms. The van der Waals surface area contributed by atoms with E-state index in [-0.39, 0.29) is 15.9 Å². The van der Waals surface area contributed by atoms with Crippen molar-refractivity contribution in [3.8, 4) is 0 Å². The van der Waals surface area contributed by atoms with Gasteiger partial charge >= 0.3 is 192 Å². The van der Waals surface area contributed by atoms with Crippen LogP contribution < -0.4 is 5.32 Å². The summed E-state index contributed by atoms with van der Waals surface area (Å²) in [5, 5.41) is 2.79. The first-order valence-corrected chi connectivity index (χ1v) is 13.3. The molecular formula is C22H28F6INO2. The second kappa shape index (κ2) is 9.52. The third-order valence-corrected chi connectivity index (χ3v) is 10.3. The van der Waals surface area contributed by atoms with E-state index >= 15 is 0 Å². The number of alkyl halides is 6. The van der Waals surface area contributed by atoms with E-state index in [0.29, 0.717) is 28.5 Å². The average molecular weight is 579 g/mol. The van der Waals surface area contributed by atoms with Gasteiger partial charge in [-0.05, 0) is 0 Å². The second-order valence-electron chi connectivity index (χ2n) is 8.57. The predicted octanol–water partition coefficient (Wildman–Crippen LogP) is 7.60. The summed E-state index contributed by atoms with van der Waals surface area (Å²) in [7, 11) is 0. The van der Waals surface area contributed by atoms with E-state index < -0.39 is 49.2 Å². The second-order valence-corrected chi connectivity index (χ2v) is 12.9. The third-order valence-electron chi connectivity index (χ3n) is 4.88. The van der Waals surface area contributed by atoms with Crippen LogP contribution in [0.3, 0.4) is 0 Å². The van der Waals surface area contributed by atoms with Gasteiger partial charge in [0.1, 0.15) is 0 Å². The number of nitrogens with one attached hydrogen (secondary N) is 1. The number of carbonyl (C=O) groups excluding carboxylic acids is 1. The molecule has 0 bridgehead atoms. The fourth-order valence-electron chi connectivity index (χ4n) is 3.22. The number of rotatable bonds is 6. The molecule has 0 atom stereocenters. The van der Waals surface area contributed by atoms with E-state index in [1.165, 1.54) is 12.1 Å². The normalized spacial score (nSPS) is 18.3. The fraction of sp³-hybridized carbons (Fsp3) is 0.591. The minimum absolute atomic E-state index is 0.0339. The van der Waals surface area contributed by atoms with Crippen molar-refractivity contribution < 1.29 is 34.2 Å². The van der Waals surface area contributed by atoms with Crippen molar-refractivity contribution in [2.75, 3.05) is 0 Å². The van der Waals surface area contributed by atoms with Gasteiger partial charge in [-0.2, -0.15) is 0 Å². The van der Waals surface area contributed by atoms with Gasteiger partial charge in [0.15, 0.2) is 0 Å². The summed E-state index contributed by atoms with van der Waals surface area (Å²) in [4.78, 5) is 12.6. The van der Waals surface area contributed by atoms with Gasteiger partial charge in [0, 0.05) is 0 Å². The van der Waals surface area contributed by atoms with Gasteiger partial charge in [0.25, 0.3) is 0 Å². The van der Waals surface area contributed by atoms with Gasteiger partial charge < -0.3 is 0 Å². The number of hydrogen-bond donors (Lipinski definition) is 1. The van der Waals surface area contributed by atoms with Crippen LogP contribution >= 0.6 is 20.2 Å². The number of hydrogen-bond acceptors (Lipinski definition) is 2. The summed E-state index contributed by atoms with van der Waals surface area (Å²) in [6.45, 7) is 8.67. The van der Waals surface area contributed by atoms with E-state index in [1.54, 1.807) is 27.7 Å². The monoisotopic (exact) mass is 579 g/mol. The Morgan fingerprint density at radius 2 is 1.50 bits per heavy atom. The molecule has 0 aliphatic carbocycles. The van der Waals surface area contributed by atoms with Gasteiger partial charge in [0.05, 0.1) is 0 Å². The Bertz CT molecular complexity index is 856. The SMILES string of the molecule is CCC/C(NC(=O)C(C)(C)C)=C(/CCC)I1OC(C(F)(F)F)(C(F)(F)F)c2ccccc21.